The molecule has 2 aromatic rings. The highest BCUT2D eigenvalue weighted by atomic mass is 32.1. The standard InChI is InChI=1S/C13H18N4OS/c1-16(2)11(12-5-3-8-19-12)9-14-13(18)10-17-7-4-6-15-17/h3-8,11H,9-10H2,1-2H3,(H,14,18)/t11-/m1/s1. The molecular formula is C13H18N4OS. The number of thiophene rings is 1. The maximum atomic E-state index is 11.8. The summed E-state index contributed by atoms with van der Waals surface area (Å²) in [4.78, 5) is 15.2. The monoisotopic (exact) mass is 278 g/mol. The first kappa shape index (κ1) is 13.8. The lowest BCUT2D eigenvalue weighted by atomic mass is 10.2. The van der Waals surface area contributed by atoms with Crippen molar-refractivity contribution < 1.29 is 4.79 Å². The zero-order valence-electron chi connectivity index (χ0n) is 11.1. The highest BCUT2D eigenvalue weighted by molar-refractivity contribution is 7.10. The van der Waals surface area contributed by atoms with Crippen molar-refractivity contribution in [3.8, 4) is 0 Å². The van der Waals surface area contributed by atoms with Crippen LogP contribution in [0.1, 0.15) is 10.9 Å². The van der Waals surface area contributed by atoms with Gasteiger partial charge >= 0.3 is 0 Å². The molecule has 5 nitrogen and oxygen atoms in total. The molecule has 102 valence electrons. The SMILES string of the molecule is CN(C)[C@H](CNC(=O)Cn1cccn1)c1cccs1. The first-order chi connectivity index (χ1) is 9.16. The predicted molar refractivity (Wildman–Crippen MR) is 76.0 cm³/mol. The van der Waals surface area contributed by atoms with Gasteiger partial charge in [0.1, 0.15) is 6.54 Å². The van der Waals surface area contributed by atoms with Gasteiger partial charge in [-0.1, -0.05) is 6.07 Å². The molecule has 0 aliphatic heterocycles. The fourth-order valence-corrected chi connectivity index (χ4v) is 2.75. The van der Waals surface area contributed by atoms with Gasteiger partial charge in [-0.25, -0.2) is 0 Å². The number of rotatable bonds is 6. The third kappa shape index (κ3) is 3.90. The summed E-state index contributed by atoms with van der Waals surface area (Å²) in [6, 6.07) is 6.14. The topological polar surface area (TPSA) is 50.2 Å². The summed E-state index contributed by atoms with van der Waals surface area (Å²) < 4.78 is 1.62. The van der Waals surface area contributed by atoms with E-state index < -0.39 is 0 Å². The maximum absolute atomic E-state index is 11.8. The second-order valence-electron chi connectivity index (χ2n) is 4.50. The van der Waals surface area contributed by atoms with E-state index in [1.54, 1.807) is 28.4 Å². The molecule has 0 radical (unpaired) electrons. The van der Waals surface area contributed by atoms with Gasteiger partial charge in [0.05, 0.1) is 6.04 Å². The van der Waals surface area contributed by atoms with Crippen LogP contribution >= 0.6 is 11.3 Å². The molecular weight excluding hydrogens is 260 g/mol. The van der Waals surface area contributed by atoms with E-state index in [4.69, 9.17) is 0 Å². The molecule has 0 spiro atoms. The lowest BCUT2D eigenvalue weighted by molar-refractivity contribution is -0.122. The normalized spacial score (nSPS) is 12.6. The van der Waals surface area contributed by atoms with E-state index in [-0.39, 0.29) is 18.5 Å². The minimum absolute atomic E-state index is 0.0212. The molecule has 0 aromatic carbocycles. The lowest BCUT2D eigenvalue weighted by Gasteiger charge is -2.23. The third-order valence-corrected chi connectivity index (χ3v) is 3.83. The number of amides is 1. The van der Waals surface area contributed by atoms with E-state index in [1.165, 1.54) is 4.88 Å². The molecule has 0 saturated carbocycles. The van der Waals surface area contributed by atoms with Crippen LogP contribution in [-0.4, -0.2) is 41.2 Å². The molecule has 0 aliphatic carbocycles. The summed E-state index contributed by atoms with van der Waals surface area (Å²) in [5.74, 6) is -0.0212. The molecule has 0 aliphatic rings. The number of nitrogens with zero attached hydrogens (tertiary/aromatic N) is 3. The number of likely N-dealkylation sites (N-methyl/N-ethyl adjacent to an activating group) is 1. The van der Waals surface area contributed by atoms with E-state index in [1.807, 2.05) is 26.2 Å². The molecule has 6 heteroatoms. The van der Waals surface area contributed by atoms with Gasteiger partial charge in [-0.2, -0.15) is 5.10 Å². The zero-order valence-corrected chi connectivity index (χ0v) is 11.9. The molecule has 0 bridgehead atoms. The highest BCUT2D eigenvalue weighted by Crippen LogP contribution is 2.22. The van der Waals surface area contributed by atoms with Gasteiger partial charge in [-0.05, 0) is 31.6 Å². The van der Waals surface area contributed by atoms with Gasteiger partial charge in [0.15, 0.2) is 0 Å². The average molecular weight is 278 g/mol. The van der Waals surface area contributed by atoms with Crippen molar-refractivity contribution in [3.05, 3.63) is 40.8 Å². The van der Waals surface area contributed by atoms with Crippen molar-refractivity contribution in [3.63, 3.8) is 0 Å². The number of hydrogen-bond donors (Lipinski definition) is 1. The minimum atomic E-state index is -0.0212. The second-order valence-corrected chi connectivity index (χ2v) is 5.48. The molecule has 2 rings (SSSR count). The molecule has 0 fully saturated rings. The van der Waals surface area contributed by atoms with Crippen LogP contribution in [0.25, 0.3) is 0 Å². The van der Waals surface area contributed by atoms with E-state index in [2.05, 4.69) is 26.8 Å². The Kier molecular flexibility index (Phi) is 4.70. The number of aromatic nitrogens is 2. The molecule has 1 atom stereocenters. The van der Waals surface area contributed by atoms with Crippen LogP contribution in [-0.2, 0) is 11.3 Å². The number of nitrogens with one attached hydrogen (secondary N) is 1. The van der Waals surface area contributed by atoms with Gasteiger partial charge in [0.25, 0.3) is 0 Å². The van der Waals surface area contributed by atoms with Gasteiger partial charge in [-0.3, -0.25) is 9.48 Å². The van der Waals surface area contributed by atoms with Crippen LogP contribution in [0.4, 0.5) is 0 Å². The Morgan fingerprint density at radius 1 is 1.53 bits per heavy atom. The first-order valence-electron chi connectivity index (χ1n) is 6.11. The molecule has 1 N–H and O–H groups in total. The number of carbonyl (C=O) groups is 1. The zero-order chi connectivity index (χ0) is 13.7. The van der Waals surface area contributed by atoms with Crippen molar-refractivity contribution in [2.45, 2.75) is 12.6 Å². The fourth-order valence-electron chi connectivity index (χ4n) is 1.83. The summed E-state index contributed by atoms with van der Waals surface area (Å²) >= 11 is 1.71. The quantitative estimate of drug-likeness (QED) is 0.868. The lowest BCUT2D eigenvalue weighted by Crippen LogP contribution is -2.35. The van der Waals surface area contributed by atoms with Crippen molar-refractivity contribution in [1.82, 2.24) is 20.0 Å². The highest BCUT2D eigenvalue weighted by Gasteiger charge is 2.16. The first-order valence-corrected chi connectivity index (χ1v) is 6.98. The van der Waals surface area contributed by atoms with Crippen molar-refractivity contribution >= 4 is 17.2 Å². The summed E-state index contributed by atoms with van der Waals surface area (Å²) in [5.41, 5.74) is 0. The Balaban J connectivity index is 1.87. The van der Waals surface area contributed by atoms with Crippen molar-refractivity contribution in [2.24, 2.45) is 0 Å². The number of carbonyl (C=O) groups excluding carboxylic acids is 1. The Hall–Kier alpha value is -1.66. The molecule has 2 aromatic heterocycles. The fraction of sp³-hybridized carbons (Fsp3) is 0.385. The van der Waals surface area contributed by atoms with E-state index in [0.717, 1.165) is 0 Å². The van der Waals surface area contributed by atoms with Crippen LogP contribution in [0.15, 0.2) is 36.0 Å². The van der Waals surface area contributed by atoms with E-state index in [9.17, 15) is 4.79 Å². The van der Waals surface area contributed by atoms with Gasteiger partial charge in [0.2, 0.25) is 5.91 Å². The van der Waals surface area contributed by atoms with Gasteiger partial charge in [-0.15, -0.1) is 11.3 Å². The Morgan fingerprint density at radius 3 is 2.95 bits per heavy atom. The second kappa shape index (κ2) is 6.49. The Morgan fingerprint density at radius 2 is 2.37 bits per heavy atom. The third-order valence-electron chi connectivity index (χ3n) is 2.85. The van der Waals surface area contributed by atoms with Crippen LogP contribution in [0.3, 0.4) is 0 Å². The minimum Gasteiger partial charge on any atom is -0.353 e. The van der Waals surface area contributed by atoms with Crippen molar-refractivity contribution in [1.29, 1.82) is 0 Å². The summed E-state index contributed by atoms with van der Waals surface area (Å²) in [6.45, 7) is 0.866. The van der Waals surface area contributed by atoms with E-state index >= 15 is 0 Å². The van der Waals surface area contributed by atoms with Gasteiger partial charge < -0.3 is 10.2 Å². The molecule has 0 saturated heterocycles. The van der Waals surface area contributed by atoms with E-state index in [0.29, 0.717) is 6.54 Å². The molecule has 1 amide bonds. The van der Waals surface area contributed by atoms with Crippen LogP contribution in [0, 0.1) is 0 Å². The van der Waals surface area contributed by atoms with Gasteiger partial charge in [0, 0.05) is 23.8 Å². The van der Waals surface area contributed by atoms with Crippen LogP contribution in [0.5, 0.6) is 0 Å². The summed E-state index contributed by atoms with van der Waals surface area (Å²) in [7, 11) is 4.04. The number of hydrogen-bond acceptors (Lipinski definition) is 4. The van der Waals surface area contributed by atoms with Crippen molar-refractivity contribution in [2.75, 3.05) is 20.6 Å². The largest absolute Gasteiger partial charge is 0.353 e. The molecule has 0 unspecified atom stereocenters. The van der Waals surface area contributed by atoms with Crippen LogP contribution in [0.2, 0.25) is 0 Å². The Labute approximate surface area is 116 Å². The average Bonchev–Trinajstić information content (AvgIpc) is 3.01. The molecule has 2 heterocycles. The summed E-state index contributed by atoms with van der Waals surface area (Å²) in [5, 5.41) is 9.02. The smallest absolute Gasteiger partial charge is 0.241 e. The Bertz CT molecular complexity index is 493. The predicted octanol–water partition coefficient (Wildman–Crippen LogP) is 1.36. The molecule has 19 heavy (non-hydrogen) atoms. The van der Waals surface area contributed by atoms with Crippen LogP contribution < -0.4 is 5.32 Å². The maximum Gasteiger partial charge on any atom is 0.241 e. The summed E-state index contributed by atoms with van der Waals surface area (Å²) in [6.07, 6.45) is 3.45.